The van der Waals surface area contributed by atoms with Gasteiger partial charge in [-0.25, -0.2) is 9.78 Å². The van der Waals surface area contributed by atoms with Gasteiger partial charge < -0.3 is 15.3 Å². The first-order valence-electron chi connectivity index (χ1n) is 7.59. The molecular weight excluding hydrogens is 286 g/mol. The fourth-order valence-corrected chi connectivity index (χ4v) is 3.57. The van der Waals surface area contributed by atoms with Crippen molar-refractivity contribution in [3.63, 3.8) is 0 Å². The van der Waals surface area contributed by atoms with Crippen LogP contribution in [0.2, 0.25) is 0 Å². The van der Waals surface area contributed by atoms with E-state index in [0.29, 0.717) is 6.54 Å². The molecule has 2 N–H and O–H groups in total. The molecule has 3 unspecified atom stereocenters. The maximum Gasteiger partial charge on any atom is 0.317 e. The van der Waals surface area contributed by atoms with E-state index in [0.717, 1.165) is 36.4 Å². The Morgan fingerprint density at radius 2 is 2.29 bits per heavy atom. The van der Waals surface area contributed by atoms with Crippen LogP contribution in [0.25, 0.3) is 0 Å². The van der Waals surface area contributed by atoms with Crippen LogP contribution in [0.3, 0.4) is 0 Å². The van der Waals surface area contributed by atoms with Gasteiger partial charge in [0.1, 0.15) is 5.01 Å². The van der Waals surface area contributed by atoms with Crippen LogP contribution >= 0.6 is 11.3 Å². The van der Waals surface area contributed by atoms with E-state index >= 15 is 0 Å². The standard InChI is InChI=1S/C15H25N3O2S/c1-10-9-21-14(16-10)11(2)17-15(20)18(3)8-12-6-4-5-7-13(12)19/h9,11-13,19H,4-8H2,1-3H3,(H,17,20). The first-order chi connectivity index (χ1) is 9.97. The Labute approximate surface area is 130 Å². The van der Waals surface area contributed by atoms with Crippen LogP contribution in [0.15, 0.2) is 5.38 Å². The number of nitrogens with zero attached hydrogens (tertiary/aromatic N) is 2. The number of carbonyl (C=O) groups excluding carboxylic acids is 1. The quantitative estimate of drug-likeness (QED) is 0.898. The molecule has 118 valence electrons. The molecule has 0 saturated heterocycles. The zero-order chi connectivity index (χ0) is 15.4. The predicted octanol–water partition coefficient (Wildman–Crippen LogP) is 2.71. The van der Waals surface area contributed by atoms with Gasteiger partial charge in [0.2, 0.25) is 0 Å². The summed E-state index contributed by atoms with van der Waals surface area (Å²) in [4.78, 5) is 18.3. The molecule has 1 fully saturated rings. The van der Waals surface area contributed by atoms with E-state index in [1.54, 1.807) is 23.3 Å². The topological polar surface area (TPSA) is 65.5 Å². The van der Waals surface area contributed by atoms with Crippen molar-refractivity contribution >= 4 is 17.4 Å². The number of nitrogens with one attached hydrogen (secondary N) is 1. The normalized spacial score (nSPS) is 23.6. The lowest BCUT2D eigenvalue weighted by molar-refractivity contribution is 0.0563. The van der Waals surface area contributed by atoms with Crippen molar-refractivity contribution in [3.8, 4) is 0 Å². The number of aliphatic hydroxyl groups excluding tert-OH is 1. The zero-order valence-corrected chi connectivity index (χ0v) is 13.8. The Balaban J connectivity index is 1.84. The second-order valence-electron chi connectivity index (χ2n) is 5.99. The molecule has 2 amide bonds. The van der Waals surface area contributed by atoms with Gasteiger partial charge in [-0.05, 0) is 26.7 Å². The summed E-state index contributed by atoms with van der Waals surface area (Å²) < 4.78 is 0. The van der Waals surface area contributed by atoms with E-state index in [2.05, 4.69) is 10.3 Å². The fraction of sp³-hybridized carbons (Fsp3) is 0.733. The number of rotatable bonds is 4. The summed E-state index contributed by atoms with van der Waals surface area (Å²) in [5.74, 6) is 0.201. The highest BCUT2D eigenvalue weighted by atomic mass is 32.1. The summed E-state index contributed by atoms with van der Waals surface area (Å²) in [6, 6.07) is -0.192. The Kier molecular flexibility index (Phi) is 5.58. The molecule has 1 aliphatic rings. The molecule has 2 rings (SSSR count). The minimum Gasteiger partial charge on any atom is -0.393 e. The molecule has 21 heavy (non-hydrogen) atoms. The Hall–Kier alpha value is -1.14. The van der Waals surface area contributed by atoms with Crippen LogP contribution in [-0.2, 0) is 0 Å². The highest BCUT2D eigenvalue weighted by Gasteiger charge is 2.26. The molecule has 0 spiro atoms. The van der Waals surface area contributed by atoms with E-state index in [1.807, 2.05) is 19.2 Å². The first-order valence-corrected chi connectivity index (χ1v) is 8.47. The number of aromatic nitrogens is 1. The monoisotopic (exact) mass is 311 g/mol. The van der Waals surface area contributed by atoms with Crippen LogP contribution in [0.4, 0.5) is 4.79 Å². The number of thiazole rings is 1. The average Bonchev–Trinajstić information content (AvgIpc) is 2.88. The van der Waals surface area contributed by atoms with Gasteiger partial charge in [-0.2, -0.15) is 0 Å². The summed E-state index contributed by atoms with van der Waals surface area (Å²) in [5.41, 5.74) is 0.981. The third-order valence-electron chi connectivity index (χ3n) is 4.07. The van der Waals surface area contributed by atoms with Gasteiger partial charge in [0.15, 0.2) is 0 Å². The molecule has 0 bridgehead atoms. The first kappa shape index (κ1) is 16.2. The Bertz CT molecular complexity index is 477. The summed E-state index contributed by atoms with van der Waals surface area (Å²) in [7, 11) is 1.79. The summed E-state index contributed by atoms with van der Waals surface area (Å²) in [5, 5.41) is 15.9. The smallest absolute Gasteiger partial charge is 0.317 e. The third kappa shape index (κ3) is 4.41. The predicted molar refractivity (Wildman–Crippen MR) is 84.4 cm³/mol. The molecule has 1 saturated carbocycles. The number of aryl methyl sites for hydroxylation is 1. The number of carbonyl (C=O) groups is 1. The van der Waals surface area contributed by atoms with Crippen molar-refractivity contribution in [2.24, 2.45) is 5.92 Å². The molecule has 6 heteroatoms. The number of urea groups is 1. The van der Waals surface area contributed by atoms with E-state index in [4.69, 9.17) is 0 Å². The minimum atomic E-state index is -0.270. The van der Waals surface area contributed by atoms with E-state index in [-0.39, 0.29) is 24.1 Å². The molecule has 1 heterocycles. The molecule has 5 nitrogen and oxygen atoms in total. The summed E-state index contributed by atoms with van der Waals surface area (Å²) in [6.45, 7) is 4.50. The van der Waals surface area contributed by atoms with Crippen LogP contribution < -0.4 is 5.32 Å². The van der Waals surface area contributed by atoms with Gasteiger partial charge in [0.25, 0.3) is 0 Å². The maximum atomic E-state index is 12.2. The fourth-order valence-electron chi connectivity index (χ4n) is 2.76. The molecule has 0 aliphatic heterocycles. The zero-order valence-electron chi connectivity index (χ0n) is 13.0. The molecule has 1 aromatic heterocycles. The number of hydrogen-bond acceptors (Lipinski definition) is 4. The van der Waals surface area contributed by atoms with Crippen LogP contribution in [0, 0.1) is 12.8 Å². The van der Waals surface area contributed by atoms with Crippen molar-refractivity contribution in [1.82, 2.24) is 15.2 Å². The van der Waals surface area contributed by atoms with Crippen molar-refractivity contribution in [2.75, 3.05) is 13.6 Å². The van der Waals surface area contributed by atoms with Crippen molar-refractivity contribution < 1.29 is 9.90 Å². The highest BCUT2D eigenvalue weighted by Crippen LogP contribution is 2.25. The lowest BCUT2D eigenvalue weighted by Crippen LogP contribution is -2.43. The minimum absolute atomic E-state index is 0.0880. The highest BCUT2D eigenvalue weighted by molar-refractivity contribution is 7.09. The van der Waals surface area contributed by atoms with Gasteiger partial charge in [-0.3, -0.25) is 0 Å². The van der Waals surface area contributed by atoms with Crippen LogP contribution in [0.1, 0.15) is 49.4 Å². The van der Waals surface area contributed by atoms with Crippen molar-refractivity contribution in [3.05, 3.63) is 16.1 Å². The lowest BCUT2D eigenvalue weighted by atomic mass is 9.86. The molecular formula is C15H25N3O2S. The second kappa shape index (κ2) is 7.22. The Morgan fingerprint density at radius 3 is 2.90 bits per heavy atom. The lowest BCUT2D eigenvalue weighted by Gasteiger charge is -2.31. The van der Waals surface area contributed by atoms with Gasteiger partial charge >= 0.3 is 6.03 Å². The summed E-state index contributed by atoms with van der Waals surface area (Å²) in [6.07, 6.45) is 3.82. The van der Waals surface area contributed by atoms with Gasteiger partial charge in [-0.1, -0.05) is 12.8 Å². The second-order valence-corrected chi connectivity index (χ2v) is 6.88. The average molecular weight is 311 g/mol. The molecule has 3 atom stereocenters. The SMILES string of the molecule is Cc1csc(C(C)NC(=O)N(C)CC2CCCCC2O)n1. The van der Waals surface area contributed by atoms with E-state index in [1.165, 1.54) is 0 Å². The molecule has 0 radical (unpaired) electrons. The number of aliphatic hydroxyl groups is 1. The van der Waals surface area contributed by atoms with Crippen molar-refractivity contribution in [2.45, 2.75) is 51.7 Å². The molecule has 0 aromatic carbocycles. The van der Waals surface area contributed by atoms with Gasteiger partial charge in [0.05, 0.1) is 12.1 Å². The van der Waals surface area contributed by atoms with Gasteiger partial charge in [0, 0.05) is 30.6 Å². The molecule has 1 aliphatic carbocycles. The van der Waals surface area contributed by atoms with Crippen molar-refractivity contribution in [1.29, 1.82) is 0 Å². The number of hydrogen-bond donors (Lipinski definition) is 2. The third-order valence-corrected chi connectivity index (χ3v) is 5.22. The maximum absolute atomic E-state index is 12.2. The van der Waals surface area contributed by atoms with E-state index in [9.17, 15) is 9.90 Å². The van der Waals surface area contributed by atoms with E-state index < -0.39 is 0 Å². The summed E-state index contributed by atoms with van der Waals surface area (Å²) >= 11 is 1.56. The molecule has 1 aromatic rings. The largest absolute Gasteiger partial charge is 0.393 e. The Morgan fingerprint density at radius 1 is 1.57 bits per heavy atom. The van der Waals surface area contributed by atoms with Crippen LogP contribution in [0.5, 0.6) is 0 Å². The van der Waals surface area contributed by atoms with Crippen LogP contribution in [-0.4, -0.2) is 40.7 Å². The number of amides is 2. The van der Waals surface area contributed by atoms with Gasteiger partial charge in [-0.15, -0.1) is 11.3 Å².